The number of aryl methyl sites for hydroxylation is 1. The number of nitrogens with one attached hydrogen (secondary N) is 2. The second kappa shape index (κ2) is 11.2. The van der Waals surface area contributed by atoms with E-state index in [0.717, 1.165) is 40.3 Å². The predicted octanol–water partition coefficient (Wildman–Crippen LogP) is 3.91. The zero-order valence-corrected chi connectivity index (χ0v) is 17.3. The summed E-state index contributed by atoms with van der Waals surface area (Å²) < 4.78 is 5.56. The summed E-state index contributed by atoms with van der Waals surface area (Å²) >= 11 is 0. The average Bonchev–Trinajstić information content (AvgIpc) is 2.66. The largest absolute Gasteiger partial charge is 0.492 e. The van der Waals surface area contributed by atoms with Gasteiger partial charge in [-0.2, -0.15) is 0 Å². The van der Waals surface area contributed by atoms with Gasteiger partial charge in [0.05, 0.1) is 30.6 Å². The highest BCUT2D eigenvalue weighted by Gasteiger charge is 2.14. The van der Waals surface area contributed by atoms with Crippen molar-refractivity contribution in [3.8, 4) is 5.75 Å². The van der Waals surface area contributed by atoms with Crippen LogP contribution in [0.1, 0.15) is 44.5 Å². The zero-order chi connectivity index (χ0) is 20.4. The molecule has 5 nitrogen and oxygen atoms in total. The topological polar surface area (TPSA) is 72.2 Å². The van der Waals surface area contributed by atoms with Gasteiger partial charge in [0.15, 0.2) is 0 Å². The van der Waals surface area contributed by atoms with E-state index in [-0.39, 0.29) is 12.1 Å². The molecule has 0 aromatic carbocycles. The van der Waals surface area contributed by atoms with Crippen LogP contribution in [0.25, 0.3) is 0 Å². The molecule has 0 saturated carbocycles. The number of ether oxygens (including phenoxy) is 1. The van der Waals surface area contributed by atoms with Gasteiger partial charge >= 0.3 is 0 Å². The molecule has 1 rings (SSSR count). The molecular weight excluding hydrogens is 336 g/mol. The van der Waals surface area contributed by atoms with E-state index in [1.807, 2.05) is 39.2 Å². The first-order chi connectivity index (χ1) is 12.8. The summed E-state index contributed by atoms with van der Waals surface area (Å²) in [5.41, 5.74) is 10.7. The fraction of sp³-hybridized carbons (Fsp3) is 0.409. The summed E-state index contributed by atoms with van der Waals surface area (Å²) in [6, 6.07) is 1.78. The Bertz CT molecular complexity index is 706. The van der Waals surface area contributed by atoms with Crippen molar-refractivity contribution in [2.24, 2.45) is 5.73 Å². The predicted molar refractivity (Wildman–Crippen MR) is 115 cm³/mol. The van der Waals surface area contributed by atoms with Gasteiger partial charge in [-0.15, -0.1) is 0 Å². The third kappa shape index (κ3) is 6.61. The third-order valence-corrected chi connectivity index (χ3v) is 4.27. The van der Waals surface area contributed by atoms with E-state index in [2.05, 4.69) is 48.7 Å². The highest BCUT2D eigenvalue weighted by atomic mass is 16.5. The number of allylic oxidation sites excluding steroid dienone is 2. The molecule has 0 radical (unpaired) electrons. The molecule has 5 heteroatoms. The Kier molecular flexibility index (Phi) is 9.37. The Labute approximate surface area is 164 Å². The van der Waals surface area contributed by atoms with Gasteiger partial charge in [-0.05, 0) is 50.0 Å². The molecule has 4 N–H and O–H groups in total. The van der Waals surface area contributed by atoms with Crippen molar-refractivity contribution in [1.82, 2.24) is 15.6 Å². The first kappa shape index (κ1) is 22.5. The van der Waals surface area contributed by atoms with Crippen LogP contribution in [-0.4, -0.2) is 24.7 Å². The highest BCUT2D eigenvalue weighted by molar-refractivity contribution is 5.46. The van der Waals surface area contributed by atoms with Crippen molar-refractivity contribution in [2.45, 2.75) is 46.2 Å². The minimum atomic E-state index is -0.266. The van der Waals surface area contributed by atoms with Crippen molar-refractivity contribution < 1.29 is 4.74 Å². The maximum atomic E-state index is 6.34. The first-order valence-corrected chi connectivity index (χ1v) is 9.39. The fourth-order valence-corrected chi connectivity index (χ4v) is 2.50. The van der Waals surface area contributed by atoms with E-state index >= 15 is 0 Å². The number of nitrogens with two attached hydrogens (primary N) is 1. The molecule has 1 aromatic rings. The maximum absolute atomic E-state index is 6.34. The lowest BCUT2D eigenvalue weighted by Crippen LogP contribution is -2.26. The number of rotatable bonds is 11. The summed E-state index contributed by atoms with van der Waals surface area (Å²) in [7, 11) is 1.82. The second-order valence-electron chi connectivity index (χ2n) is 6.37. The van der Waals surface area contributed by atoms with E-state index in [1.165, 1.54) is 0 Å². The van der Waals surface area contributed by atoms with Gasteiger partial charge in [0.1, 0.15) is 5.75 Å². The van der Waals surface area contributed by atoms with Crippen molar-refractivity contribution in [3.05, 3.63) is 71.9 Å². The normalized spacial score (nSPS) is 13.9. The van der Waals surface area contributed by atoms with Gasteiger partial charge in [-0.25, -0.2) is 0 Å². The Morgan fingerprint density at radius 1 is 1.37 bits per heavy atom. The zero-order valence-electron chi connectivity index (χ0n) is 17.3. The van der Waals surface area contributed by atoms with E-state index in [1.54, 1.807) is 6.20 Å². The SMILES string of the molecule is C=C(NC)C(=C)/C(=C/NC(C)c1cc(C)c(OCC)cn1)C(N)/C=C\CC. The number of hydrogen-bond acceptors (Lipinski definition) is 5. The van der Waals surface area contributed by atoms with Crippen LogP contribution in [0.3, 0.4) is 0 Å². The fourth-order valence-electron chi connectivity index (χ4n) is 2.50. The molecule has 1 heterocycles. The van der Waals surface area contributed by atoms with Crippen LogP contribution >= 0.6 is 0 Å². The molecule has 1 aromatic heterocycles. The van der Waals surface area contributed by atoms with E-state index in [0.29, 0.717) is 6.61 Å². The standard InChI is InChI=1S/C22H34N4O/c1-8-10-11-20(23)19(16(4)17(5)24-7)13-25-18(6)21-12-15(3)22(14-26-21)27-9-2/h10-14,18,20,24-25H,4-5,8-9,23H2,1-3,6-7H3/b11-10-,19-13-. The number of nitrogens with zero attached hydrogens (tertiary/aromatic N) is 1. The molecular formula is C22H34N4O. The van der Waals surface area contributed by atoms with Crippen LogP contribution in [0, 0.1) is 6.92 Å². The summed E-state index contributed by atoms with van der Waals surface area (Å²) in [6.45, 7) is 16.9. The smallest absolute Gasteiger partial charge is 0.140 e. The molecule has 0 fully saturated rings. The van der Waals surface area contributed by atoms with E-state index in [9.17, 15) is 0 Å². The van der Waals surface area contributed by atoms with Crippen LogP contribution in [0.5, 0.6) is 5.75 Å². The second-order valence-corrected chi connectivity index (χ2v) is 6.37. The summed E-state index contributed by atoms with van der Waals surface area (Å²) in [4.78, 5) is 4.51. The molecule has 0 bridgehead atoms. The molecule has 0 spiro atoms. The summed E-state index contributed by atoms with van der Waals surface area (Å²) in [5.74, 6) is 0.815. The summed E-state index contributed by atoms with van der Waals surface area (Å²) in [6.07, 6.45) is 8.64. The Hall–Kier alpha value is -2.53. The average molecular weight is 371 g/mol. The molecule has 2 atom stereocenters. The minimum Gasteiger partial charge on any atom is -0.492 e. The number of hydrogen-bond donors (Lipinski definition) is 3. The summed E-state index contributed by atoms with van der Waals surface area (Å²) in [5, 5.41) is 6.42. The van der Waals surface area contributed by atoms with Gasteiger partial charge in [-0.3, -0.25) is 4.98 Å². The molecule has 0 saturated heterocycles. The van der Waals surface area contributed by atoms with Gasteiger partial charge in [0, 0.05) is 18.9 Å². The molecule has 27 heavy (non-hydrogen) atoms. The van der Waals surface area contributed by atoms with Gasteiger partial charge in [0.2, 0.25) is 0 Å². The first-order valence-electron chi connectivity index (χ1n) is 9.39. The van der Waals surface area contributed by atoms with Gasteiger partial charge < -0.3 is 21.1 Å². The monoisotopic (exact) mass is 370 g/mol. The van der Waals surface area contributed by atoms with Crippen molar-refractivity contribution >= 4 is 0 Å². The molecule has 0 aliphatic heterocycles. The Morgan fingerprint density at radius 3 is 2.63 bits per heavy atom. The van der Waals surface area contributed by atoms with Crippen LogP contribution < -0.4 is 21.1 Å². The number of likely N-dealkylation sites (N-methyl/N-ethyl adjacent to an activating group) is 1. The number of aromatic nitrogens is 1. The van der Waals surface area contributed by atoms with Crippen LogP contribution in [0.15, 0.2) is 60.6 Å². The van der Waals surface area contributed by atoms with E-state index in [4.69, 9.17) is 10.5 Å². The minimum absolute atomic E-state index is 0.00684. The molecule has 2 unspecified atom stereocenters. The molecule has 0 aliphatic carbocycles. The lowest BCUT2D eigenvalue weighted by molar-refractivity contribution is 0.336. The van der Waals surface area contributed by atoms with Crippen molar-refractivity contribution in [2.75, 3.05) is 13.7 Å². The lowest BCUT2D eigenvalue weighted by atomic mass is 9.98. The molecule has 0 amide bonds. The highest BCUT2D eigenvalue weighted by Crippen LogP contribution is 2.22. The van der Waals surface area contributed by atoms with Gasteiger partial charge in [-0.1, -0.05) is 32.2 Å². The quantitative estimate of drug-likeness (QED) is 0.407. The third-order valence-electron chi connectivity index (χ3n) is 4.27. The Morgan fingerprint density at radius 2 is 2.07 bits per heavy atom. The van der Waals surface area contributed by atoms with Crippen LogP contribution in [0.2, 0.25) is 0 Å². The Balaban J connectivity index is 3.03. The van der Waals surface area contributed by atoms with Gasteiger partial charge in [0.25, 0.3) is 0 Å². The molecule has 0 aliphatic rings. The number of pyridine rings is 1. The lowest BCUT2D eigenvalue weighted by Gasteiger charge is -2.20. The van der Waals surface area contributed by atoms with Crippen LogP contribution in [0.4, 0.5) is 0 Å². The molecule has 148 valence electrons. The van der Waals surface area contributed by atoms with E-state index < -0.39 is 0 Å². The van der Waals surface area contributed by atoms with Crippen molar-refractivity contribution in [3.63, 3.8) is 0 Å². The van der Waals surface area contributed by atoms with Crippen molar-refractivity contribution in [1.29, 1.82) is 0 Å². The maximum Gasteiger partial charge on any atom is 0.140 e. The van der Waals surface area contributed by atoms with Crippen LogP contribution in [-0.2, 0) is 0 Å².